The topological polar surface area (TPSA) is 136 Å². The van der Waals surface area contributed by atoms with Gasteiger partial charge in [-0.25, -0.2) is 4.79 Å². The van der Waals surface area contributed by atoms with Crippen molar-refractivity contribution in [1.82, 2.24) is 0 Å². The molecule has 1 fully saturated rings. The molecular weight excluding hydrogens is 491 g/mol. The van der Waals surface area contributed by atoms with Gasteiger partial charge >= 0.3 is 25.4 Å². The average Bonchev–Trinajstić information content (AvgIpc) is 3.17. The fourth-order valence-corrected chi connectivity index (χ4v) is 1.91. The van der Waals surface area contributed by atoms with Gasteiger partial charge in [0.15, 0.2) is 5.78 Å². The van der Waals surface area contributed by atoms with Crippen molar-refractivity contribution >= 4 is 17.5 Å². The number of esters is 1. The summed E-state index contributed by atoms with van der Waals surface area (Å²) in [5, 5.41) is 30.7. The Morgan fingerprint density at radius 1 is 1.03 bits per heavy atom. The molecule has 0 unspecified atom stereocenters. The Balaban J connectivity index is 0. The van der Waals surface area contributed by atoms with Crippen LogP contribution in [-0.2, 0) is 38.5 Å². The predicted octanol–water partition coefficient (Wildman–Crippen LogP) is 1.64. The van der Waals surface area contributed by atoms with E-state index in [1.165, 1.54) is 25.7 Å². The zero-order chi connectivity index (χ0) is 23.3. The van der Waals surface area contributed by atoms with Crippen molar-refractivity contribution in [2.75, 3.05) is 14.2 Å². The Labute approximate surface area is 197 Å². The van der Waals surface area contributed by atoms with Gasteiger partial charge in [0.1, 0.15) is 5.70 Å². The zero-order valence-corrected chi connectivity index (χ0v) is 20.3. The molecule has 1 heterocycles. The normalized spacial score (nSPS) is 17.9. The number of allylic oxidation sites excluding steroid dienone is 2. The fourth-order valence-electron chi connectivity index (χ4n) is 1.91. The van der Waals surface area contributed by atoms with Gasteiger partial charge in [-0.2, -0.15) is 0 Å². The minimum Gasteiger partial charge on any atom is -0.876 e. The SMILES string of the molecule is CC(=O)/C=C(/C)[O-].COC(=O)C1=NN=N/C1=C(\[O-])OC.C[C]1[CH][CH][C](C(C)C)[CH][CH]1.[Ru+2]. The third-order valence-electron chi connectivity index (χ3n) is 3.42. The van der Waals surface area contributed by atoms with E-state index in [-0.39, 0.29) is 42.4 Å². The van der Waals surface area contributed by atoms with E-state index in [1.807, 2.05) is 0 Å². The van der Waals surface area contributed by atoms with Crippen LogP contribution in [0.5, 0.6) is 0 Å². The number of nitrogens with zero attached hydrogens (tertiary/aromatic N) is 3. The van der Waals surface area contributed by atoms with E-state index in [9.17, 15) is 19.8 Å². The Hall–Kier alpha value is -2.09. The molecule has 170 valence electrons. The molecule has 31 heavy (non-hydrogen) atoms. The monoisotopic (exact) mass is 519 g/mol. The molecule has 1 saturated carbocycles. The maximum atomic E-state index is 10.9. The summed E-state index contributed by atoms with van der Waals surface area (Å²) in [6, 6.07) is 0. The molecular formula is C21H27N3O6Ru. The summed E-state index contributed by atoms with van der Waals surface area (Å²) in [6.45, 7) is 9.24. The third kappa shape index (κ3) is 13.0. The molecule has 6 radical (unpaired) electrons. The molecule has 0 aromatic heterocycles. The van der Waals surface area contributed by atoms with Crippen LogP contribution in [0.3, 0.4) is 0 Å². The van der Waals surface area contributed by atoms with Crippen LogP contribution < -0.4 is 10.2 Å². The minimum absolute atomic E-state index is 0. The van der Waals surface area contributed by atoms with Gasteiger partial charge in [-0.05, 0) is 68.8 Å². The molecule has 1 aliphatic carbocycles. The Kier molecular flexibility index (Phi) is 16.6. The van der Waals surface area contributed by atoms with Gasteiger partial charge in [0, 0.05) is 0 Å². The molecule has 0 bridgehead atoms. The molecule has 0 spiro atoms. The molecule has 0 aromatic carbocycles. The summed E-state index contributed by atoms with van der Waals surface area (Å²) >= 11 is 0. The van der Waals surface area contributed by atoms with Gasteiger partial charge in [0.2, 0.25) is 5.71 Å². The van der Waals surface area contributed by atoms with E-state index < -0.39 is 11.9 Å². The number of ketones is 1. The van der Waals surface area contributed by atoms with Gasteiger partial charge < -0.3 is 19.7 Å². The Bertz CT molecular complexity index is 689. The first-order chi connectivity index (χ1) is 14.0. The molecule has 0 N–H and O–H groups in total. The van der Waals surface area contributed by atoms with Crippen molar-refractivity contribution in [2.45, 2.75) is 34.6 Å². The molecule has 1 aliphatic heterocycles. The largest absolute Gasteiger partial charge is 2.00 e. The second-order valence-corrected chi connectivity index (χ2v) is 6.40. The van der Waals surface area contributed by atoms with Crippen LogP contribution in [0.2, 0.25) is 0 Å². The third-order valence-corrected chi connectivity index (χ3v) is 3.42. The van der Waals surface area contributed by atoms with Crippen LogP contribution in [0.4, 0.5) is 0 Å². The summed E-state index contributed by atoms with van der Waals surface area (Å²) in [5.41, 5.74) is -0.483. The van der Waals surface area contributed by atoms with Gasteiger partial charge in [-0.1, -0.05) is 27.7 Å². The quantitative estimate of drug-likeness (QED) is 0.240. The van der Waals surface area contributed by atoms with Crippen LogP contribution in [0.25, 0.3) is 0 Å². The van der Waals surface area contributed by atoms with E-state index in [0.29, 0.717) is 5.92 Å². The zero-order valence-electron chi connectivity index (χ0n) is 18.6. The van der Waals surface area contributed by atoms with E-state index >= 15 is 0 Å². The van der Waals surface area contributed by atoms with Crippen molar-refractivity contribution in [1.29, 1.82) is 0 Å². The van der Waals surface area contributed by atoms with Crippen molar-refractivity contribution in [2.24, 2.45) is 21.4 Å². The average molecular weight is 519 g/mol. The van der Waals surface area contributed by atoms with E-state index in [0.717, 1.165) is 20.3 Å². The van der Waals surface area contributed by atoms with E-state index in [2.05, 4.69) is 71.4 Å². The van der Waals surface area contributed by atoms with Crippen molar-refractivity contribution in [3.63, 3.8) is 0 Å². The first-order valence-corrected chi connectivity index (χ1v) is 8.98. The number of carbonyl (C=O) groups excluding carboxylic acids is 2. The van der Waals surface area contributed by atoms with Crippen LogP contribution in [-0.4, -0.2) is 31.7 Å². The standard InChI is InChI=1S/C10H14.C6H7N3O4.C5H8O2.Ru/c1-8(2)10-6-4-9(3)5-7-10;1-12-5(10)3-4(6(11)13-2)8-9-7-3;1-4(6)3-5(2)7;/h4-8H,1-3H3;10H,1-2H3;3,6H,1-2H3;/q;;;+2/p-2/b;5-3+;4-3-;. The summed E-state index contributed by atoms with van der Waals surface area (Å²) in [4.78, 5) is 20.9. The van der Waals surface area contributed by atoms with Crippen molar-refractivity contribution in [3.8, 4) is 0 Å². The number of hydrogen-bond donors (Lipinski definition) is 0. The fraction of sp³-hybridized carbons (Fsp3) is 0.381. The van der Waals surface area contributed by atoms with Crippen molar-refractivity contribution < 1.29 is 48.8 Å². The molecule has 10 heteroatoms. The second-order valence-electron chi connectivity index (χ2n) is 6.40. The van der Waals surface area contributed by atoms with E-state index in [4.69, 9.17) is 0 Å². The molecule has 2 rings (SSSR count). The Morgan fingerprint density at radius 3 is 1.94 bits per heavy atom. The molecule has 0 saturated heterocycles. The number of rotatable bonds is 4. The summed E-state index contributed by atoms with van der Waals surface area (Å²) in [7, 11) is 2.33. The van der Waals surface area contributed by atoms with Crippen LogP contribution in [0, 0.1) is 43.4 Å². The Morgan fingerprint density at radius 2 is 1.58 bits per heavy atom. The molecule has 9 nitrogen and oxygen atoms in total. The molecule has 0 atom stereocenters. The van der Waals surface area contributed by atoms with Crippen LogP contribution >= 0.6 is 0 Å². The molecule has 2 aliphatic rings. The summed E-state index contributed by atoms with van der Waals surface area (Å²) in [6.07, 6.45) is 9.77. The smallest absolute Gasteiger partial charge is 0.876 e. The number of hydrogen-bond acceptors (Lipinski definition) is 9. The predicted molar refractivity (Wildman–Crippen MR) is 107 cm³/mol. The number of methoxy groups -OCH3 is 2. The maximum Gasteiger partial charge on any atom is 2.00 e. The first-order valence-electron chi connectivity index (χ1n) is 8.98. The first kappa shape index (κ1) is 31.1. The van der Waals surface area contributed by atoms with Crippen LogP contribution in [0.1, 0.15) is 34.6 Å². The second kappa shape index (κ2) is 16.6. The minimum atomic E-state index is -0.773. The summed E-state index contributed by atoms with van der Waals surface area (Å²) in [5.74, 6) is 1.49. The van der Waals surface area contributed by atoms with E-state index in [1.54, 1.807) is 0 Å². The van der Waals surface area contributed by atoms with Crippen LogP contribution in [0.15, 0.2) is 38.9 Å². The van der Waals surface area contributed by atoms with Crippen molar-refractivity contribution in [3.05, 3.63) is 61.0 Å². The number of carbonyl (C=O) groups is 2. The maximum absolute atomic E-state index is 10.9. The van der Waals surface area contributed by atoms with Gasteiger partial charge in [-0.15, -0.1) is 16.0 Å². The molecule has 0 aromatic rings. The summed E-state index contributed by atoms with van der Waals surface area (Å²) < 4.78 is 8.68. The van der Waals surface area contributed by atoms with Gasteiger partial charge in [0.25, 0.3) is 0 Å². The molecule has 0 amide bonds. The number of ether oxygens (including phenoxy) is 2. The van der Waals surface area contributed by atoms with Gasteiger partial charge in [-0.3, -0.25) is 4.79 Å². The van der Waals surface area contributed by atoms with Gasteiger partial charge in [0.05, 0.1) is 13.1 Å².